The summed E-state index contributed by atoms with van der Waals surface area (Å²) < 4.78 is 5.14. The number of methoxy groups -OCH3 is 1. The molecule has 0 saturated carbocycles. The monoisotopic (exact) mass is 188 g/mol. The molecule has 0 aliphatic carbocycles. The molecule has 0 aliphatic rings. The highest BCUT2D eigenvalue weighted by molar-refractivity contribution is 5.86. The van der Waals surface area contributed by atoms with E-state index in [2.05, 4.69) is 5.43 Å². The standard InChI is InChI=1S/C11H12N2O/c1-14-11-5-3-8-2-4-10(13-12)6-9(8)7-11/h2-7,13H,12H2,1H3. The van der Waals surface area contributed by atoms with E-state index in [1.165, 1.54) is 5.39 Å². The first-order valence-electron chi connectivity index (χ1n) is 4.38. The first kappa shape index (κ1) is 8.84. The van der Waals surface area contributed by atoms with Gasteiger partial charge in [0.05, 0.1) is 7.11 Å². The van der Waals surface area contributed by atoms with Gasteiger partial charge in [-0.3, -0.25) is 5.84 Å². The summed E-state index contributed by atoms with van der Waals surface area (Å²) in [6.45, 7) is 0. The summed E-state index contributed by atoms with van der Waals surface area (Å²) in [4.78, 5) is 0. The molecule has 0 spiro atoms. The summed E-state index contributed by atoms with van der Waals surface area (Å²) in [5.74, 6) is 6.18. The van der Waals surface area contributed by atoms with E-state index in [1.807, 2.05) is 36.4 Å². The van der Waals surface area contributed by atoms with Crippen molar-refractivity contribution in [3.05, 3.63) is 36.4 Å². The fourth-order valence-electron chi connectivity index (χ4n) is 1.44. The van der Waals surface area contributed by atoms with Gasteiger partial charge in [0.2, 0.25) is 0 Å². The van der Waals surface area contributed by atoms with Crippen LogP contribution in [0.25, 0.3) is 10.8 Å². The predicted molar refractivity (Wildman–Crippen MR) is 58.3 cm³/mol. The van der Waals surface area contributed by atoms with Gasteiger partial charge in [-0.05, 0) is 35.0 Å². The van der Waals surface area contributed by atoms with Crippen molar-refractivity contribution in [3.8, 4) is 5.75 Å². The SMILES string of the molecule is COc1ccc2ccc(NN)cc2c1. The molecule has 2 aromatic carbocycles. The van der Waals surface area contributed by atoms with E-state index in [0.717, 1.165) is 16.8 Å². The van der Waals surface area contributed by atoms with E-state index in [-0.39, 0.29) is 0 Å². The molecule has 2 rings (SSSR count). The second kappa shape index (κ2) is 3.55. The maximum atomic E-state index is 5.33. The largest absolute Gasteiger partial charge is 0.497 e. The lowest BCUT2D eigenvalue weighted by Crippen LogP contribution is -2.06. The number of benzene rings is 2. The minimum atomic E-state index is 0.853. The van der Waals surface area contributed by atoms with E-state index in [1.54, 1.807) is 7.11 Å². The molecule has 0 atom stereocenters. The molecule has 3 nitrogen and oxygen atoms in total. The second-order valence-corrected chi connectivity index (χ2v) is 3.07. The molecule has 2 aromatic rings. The zero-order chi connectivity index (χ0) is 9.97. The van der Waals surface area contributed by atoms with Crippen LogP contribution in [0, 0.1) is 0 Å². The maximum absolute atomic E-state index is 5.33. The smallest absolute Gasteiger partial charge is 0.119 e. The van der Waals surface area contributed by atoms with Crippen molar-refractivity contribution in [2.75, 3.05) is 12.5 Å². The van der Waals surface area contributed by atoms with Gasteiger partial charge in [0.1, 0.15) is 5.75 Å². The summed E-state index contributed by atoms with van der Waals surface area (Å²) >= 11 is 0. The normalized spacial score (nSPS) is 10.1. The zero-order valence-corrected chi connectivity index (χ0v) is 7.95. The fourth-order valence-corrected chi connectivity index (χ4v) is 1.44. The van der Waals surface area contributed by atoms with Gasteiger partial charge < -0.3 is 10.2 Å². The van der Waals surface area contributed by atoms with Gasteiger partial charge >= 0.3 is 0 Å². The van der Waals surface area contributed by atoms with Gasteiger partial charge in [-0.2, -0.15) is 0 Å². The minimum Gasteiger partial charge on any atom is -0.497 e. The molecular formula is C11H12N2O. The number of fused-ring (bicyclic) bond motifs is 1. The molecule has 72 valence electrons. The Balaban J connectivity index is 2.60. The molecule has 0 saturated heterocycles. The molecule has 0 amide bonds. The van der Waals surface area contributed by atoms with Crippen LogP contribution in [0.4, 0.5) is 5.69 Å². The van der Waals surface area contributed by atoms with Crippen LogP contribution < -0.4 is 16.0 Å². The summed E-state index contributed by atoms with van der Waals surface area (Å²) in [6.07, 6.45) is 0. The van der Waals surface area contributed by atoms with E-state index in [4.69, 9.17) is 10.6 Å². The number of hydrazine groups is 1. The Morgan fingerprint density at radius 2 is 1.86 bits per heavy atom. The first-order chi connectivity index (χ1) is 6.83. The molecule has 0 aromatic heterocycles. The van der Waals surface area contributed by atoms with E-state index < -0.39 is 0 Å². The molecular weight excluding hydrogens is 176 g/mol. The van der Waals surface area contributed by atoms with Gasteiger partial charge in [0.15, 0.2) is 0 Å². The van der Waals surface area contributed by atoms with Crippen molar-refractivity contribution in [1.29, 1.82) is 0 Å². The minimum absolute atomic E-state index is 0.853. The van der Waals surface area contributed by atoms with Gasteiger partial charge in [0.25, 0.3) is 0 Å². The van der Waals surface area contributed by atoms with Gasteiger partial charge in [0, 0.05) is 5.69 Å². The van der Waals surface area contributed by atoms with Crippen LogP contribution >= 0.6 is 0 Å². The quantitative estimate of drug-likeness (QED) is 0.560. The number of rotatable bonds is 2. The third kappa shape index (κ3) is 1.49. The Hall–Kier alpha value is -1.74. The Kier molecular flexibility index (Phi) is 2.24. The van der Waals surface area contributed by atoms with Gasteiger partial charge in [-0.25, -0.2) is 0 Å². The topological polar surface area (TPSA) is 47.3 Å². The number of nitrogen functional groups attached to an aromatic ring is 1. The van der Waals surface area contributed by atoms with E-state index >= 15 is 0 Å². The maximum Gasteiger partial charge on any atom is 0.119 e. The molecule has 0 radical (unpaired) electrons. The van der Waals surface area contributed by atoms with Crippen LogP contribution in [0.2, 0.25) is 0 Å². The number of nitrogens with two attached hydrogens (primary N) is 1. The highest BCUT2D eigenvalue weighted by atomic mass is 16.5. The molecule has 3 heteroatoms. The predicted octanol–water partition coefficient (Wildman–Crippen LogP) is 2.13. The van der Waals surface area contributed by atoms with E-state index in [9.17, 15) is 0 Å². The number of hydrogen-bond donors (Lipinski definition) is 2. The molecule has 3 N–H and O–H groups in total. The van der Waals surface area contributed by atoms with Crippen LogP contribution in [-0.2, 0) is 0 Å². The van der Waals surface area contributed by atoms with Gasteiger partial charge in [-0.1, -0.05) is 12.1 Å². The van der Waals surface area contributed by atoms with E-state index in [0.29, 0.717) is 0 Å². The molecule has 0 heterocycles. The van der Waals surface area contributed by atoms with Crippen LogP contribution in [0.1, 0.15) is 0 Å². The third-order valence-corrected chi connectivity index (χ3v) is 2.21. The van der Waals surface area contributed by atoms with Crippen molar-refractivity contribution >= 4 is 16.5 Å². The number of anilines is 1. The average Bonchev–Trinajstić information content (AvgIpc) is 2.27. The third-order valence-electron chi connectivity index (χ3n) is 2.21. The molecule has 14 heavy (non-hydrogen) atoms. The van der Waals surface area contributed by atoms with Crippen LogP contribution in [0.5, 0.6) is 5.75 Å². The Morgan fingerprint density at radius 1 is 1.07 bits per heavy atom. The van der Waals surface area contributed by atoms with Crippen LogP contribution in [0.15, 0.2) is 36.4 Å². The zero-order valence-electron chi connectivity index (χ0n) is 7.95. The van der Waals surface area contributed by atoms with Crippen molar-refractivity contribution in [2.45, 2.75) is 0 Å². The Labute approximate surface area is 82.5 Å². The summed E-state index contributed by atoms with van der Waals surface area (Å²) in [7, 11) is 1.66. The number of nitrogens with one attached hydrogen (secondary N) is 1. The van der Waals surface area contributed by atoms with Crippen molar-refractivity contribution in [1.82, 2.24) is 0 Å². The highest BCUT2D eigenvalue weighted by Gasteiger charge is 1.97. The molecule has 0 fully saturated rings. The first-order valence-corrected chi connectivity index (χ1v) is 4.38. The van der Waals surface area contributed by atoms with Crippen molar-refractivity contribution in [2.24, 2.45) is 5.84 Å². The van der Waals surface area contributed by atoms with Crippen LogP contribution in [-0.4, -0.2) is 7.11 Å². The Bertz CT molecular complexity index is 415. The summed E-state index contributed by atoms with van der Waals surface area (Å²) in [5.41, 5.74) is 3.51. The number of hydrogen-bond acceptors (Lipinski definition) is 3. The lowest BCUT2D eigenvalue weighted by Gasteiger charge is -2.04. The molecule has 0 aliphatic heterocycles. The number of ether oxygens (including phenoxy) is 1. The highest BCUT2D eigenvalue weighted by Crippen LogP contribution is 2.23. The Morgan fingerprint density at radius 3 is 2.57 bits per heavy atom. The lowest BCUT2D eigenvalue weighted by atomic mass is 10.1. The van der Waals surface area contributed by atoms with Crippen molar-refractivity contribution < 1.29 is 4.74 Å². The van der Waals surface area contributed by atoms with Crippen molar-refractivity contribution in [3.63, 3.8) is 0 Å². The molecule has 0 bridgehead atoms. The summed E-state index contributed by atoms with van der Waals surface area (Å²) in [5, 5.41) is 2.28. The van der Waals surface area contributed by atoms with Gasteiger partial charge in [-0.15, -0.1) is 0 Å². The average molecular weight is 188 g/mol. The summed E-state index contributed by atoms with van der Waals surface area (Å²) in [6, 6.07) is 11.9. The van der Waals surface area contributed by atoms with Crippen LogP contribution in [0.3, 0.4) is 0 Å². The fraction of sp³-hybridized carbons (Fsp3) is 0.0909. The molecule has 0 unspecified atom stereocenters. The lowest BCUT2D eigenvalue weighted by molar-refractivity contribution is 0.415. The second-order valence-electron chi connectivity index (χ2n) is 3.07.